The molecule has 0 saturated heterocycles. The van der Waals surface area contributed by atoms with Gasteiger partial charge in [0.1, 0.15) is 0 Å². The molecular formula is C9H19ClN2. The smallest absolute Gasteiger partial charge is 0.193 e. The predicted octanol–water partition coefficient (Wildman–Crippen LogP) is 2.72. The van der Waals surface area contributed by atoms with Crippen molar-refractivity contribution < 1.29 is 0 Å². The molecule has 0 atom stereocenters. The summed E-state index contributed by atoms with van der Waals surface area (Å²) in [5, 5.41) is 0.661. The Hall–Kier alpha value is -0.240. The van der Waals surface area contributed by atoms with Gasteiger partial charge < -0.3 is 4.90 Å². The molecule has 0 bridgehead atoms. The number of hydrogen-bond donors (Lipinski definition) is 0. The zero-order valence-electron chi connectivity index (χ0n) is 8.31. The molecular weight excluding hydrogens is 172 g/mol. The molecule has 72 valence electrons. The number of amidine groups is 1. The molecule has 0 spiro atoms. The van der Waals surface area contributed by atoms with Gasteiger partial charge in [0.2, 0.25) is 0 Å². The highest BCUT2D eigenvalue weighted by molar-refractivity contribution is 6.64. The monoisotopic (exact) mass is 190 g/mol. The molecule has 0 N–H and O–H groups in total. The van der Waals surface area contributed by atoms with Crippen molar-refractivity contribution in [3.63, 3.8) is 0 Å². The zero-order valence-corrected chi connectivity index (χ0v) is 9.06. The van der Waals surface area contributed by atoms with Gasteiger partial charge in [-0.1, -0.05) is 13.3 Å². The van der Waals surface area contributed by atoms with E-state index in [1.807, 2.05) is 6.92 Å². The van der Waals surface area contributed by atoms with Gasteiger partial charge in [-0.15, -0.1) is 0 Å². The van der Waals surface area contributed by atoms with Crippen molar-refractivity contribution in [1.29, 1.82) is 0 Å². The zero-order chi connectivity index (χ0) is 9.40. The first-order valence-electron chi connectivity index (χ1n) is 4.71. The van der Waals surface area contributed by atoms with Crippen LogP contribution < -0.4 is 0 Å². The third-order valence-electron chi connectivity index (χ3n) is 1.71. The minimum absolute atomic E-state index is 0.661. The minimum atomic E-state index is 0.661. The molecule has 0 aromatic heterocycles. The van der Waals surface area contributed by atoms with Crippen LogP contribution in [0.4, 0.5) is 0 Å². The van der Waals surface area contributed by atoms with Gasteiger partial charge in [-0.25, -0.2) is 0 Å². The Kier molecular flexibility index (Phi) is 7.26. The lowest BCUT2D eigenvalue weighted by Gasteiger charge is -2.19. The first-order valence-corrected chi connectivity index (χ1v) is 5.08. The fourth-order valence-electron chi connectivity index (χ4n) is 0.960. The summed E-state index contributed by atoms with van der Waals surface area (Å²) in [6, 6.07) is 0. The standard InChI is InChI=1S/C9H19ClN2/c1-4-7-8-12(6-3)9(10)11-5-2/h4-8H2,1-3H3. The van der Waals surface area contributed by atoms with E-state index >= 15 is 0 Å². The summed E-state index contributed by atoms with van der Waals surface area (Å²) >= 11 is 5.96. The number of aliphatic imine (C=N–C) groups is 1. The van der Waals surface area contributed by atoms with Crippen LogP contribution in [0.15, 0.2) is 4.99 Å². The van der Waals surface area contributed by atoms with Crippen LogP contribution in [0, 0.1) is 0 Å². The third-order valence-corrected chi connectivity index (χ3v) is 2.07. The van der Waals surface area contributed by atoms with Crippen molar-refractivity contribution in [2.24, 2.45) is 4.99 Å². The van der Waals surface area contributed by atoms with E-state index in [9.17, 15) is 0 Å². The molecule has 0 aromatic carbocycles. The molecule has 2 nitrogen and oxygen atoms in total. The van der Waals surface area contributed by atoms with Crippen LogP contribution in [-0.4, -0.2) is 29.8 Å². The van der Waals surface area contributed by atoms with Crippen LogP contribution in [-0.2, 0) is 0 Å². The molecule has 0 saturated carbocycles. The van der Waals surface area contributed by atoms with Crippen molar-refractivity contribution in [2.45, 2.75) is 33.6 Å². The van der Waals surface area contributed by atoms with Crippen molar-refractivity contribution in [3.8, 4) is 0 Å². The third kappa shape index (κ3) is 4.60. The van der Waals surface area contributed by atoms with Gasteiger partial charge >= 0.3 is 0 Å². The maximum atomic E-state index is 5.96. The lowest BCUT2D eigenvalue weighted by atomic mass is 10.3. The Morgan fingerprint density at radius 2 is 2.00 bits per heavy atom. The molecule has 0 unspecified atom stereocenters. The first kappa shape index (κ1) is 11.8. The number of halogens is 1. The summed E-state index contributed by atoms with van der Waals surface area (Å²) in [7, 11) is 0. The van der Waals surface area contributed by atoms with Gasteiger partial charge in [0, 0.05) is 19.6 Å². The molecule has 12 heavy (non-hydrogen) atoms. The molecule has 0 amide bonds. The van der Waals surface area contributed by atoms with Crippen LogP contribution in [0.1, 0.15) is 33.6 Å². The average molecular weight is 191 g/mol. The van der Waals surface area contributed by atoms with E-state index in [4.69, 9.17) is 11.6 Å². The predicted molar refractivity (Wildman–Crippen MR) is 56.0 cm³/mol. The fourth-order valence-corrected chi connectivity index (χ4v) is 1.28. The second-order valence-electron chi connectivity index (χ2n) is 2.68. The Morgan fingerprint density at radius 1 is 1.33 bits per heavy atom. The number of unbranched alkanes of at least 4 members (excludes halogenated alkanes) is 1. The summed E-state index contributed by atoms with van der Waals surface area (Å²) in [6.07, 6.45) is 2.39. The molecule has 0 aromatic rings. The maximum absolute atomic E-state index is 5.96. The van der Waals surface area contributed by atoms with Crippen molar-refractivity contribution in [1.82, 2.24) is 4.90 Å². The summed E-state index contributed by atoms with van der Waals surface area (Å²) in [4.78, 5) is 6.26. The molecule has 0 aliphatic rings. The second kappa shape index (κ2) is 7.41. The number of rotatable bonds is 5. The average Bonchev–Trinajstić information content (AvgIpc) is 2.06. The van der Waals surface area contributed by atoms with E-state index in [2.05, 4.69) is 23.7 Å². The quantitative estimate of drug-likeness (QED) is 0.370. The molecule has 0 rings (SSSR count). The first-order chi connectivity index (χ1) is 5.76. The van der Waals surface area contributed by atoms with E-state index in [-0.39, 0.29) is 0 Å². The van der Waals surface area contributed by atoms with Crippen molar-refractivity contribution in [3.05, 3.63) is 0 Å². The number of nitrogens with zero attached hydrogens (tertiary/aromatic N) is 2. The van der Waals surface area contributed by atoms with E-state index in [0.717, 1.165) is 19.6 Å². The normalized spacial score (nSPS) is 11.8. The van der Waals surface area contributed by atoms with Crippen LogP contribution in [0.3, 0.4) is 0 Å². The van der Waals surface area contributed by atoms with Gasteiger partial charge in [-0.2, -0.15) is 0 Å². The van der Waals surface area contributed by atoms with Crippen molar-refractivity contribution >= 4 is 16.9 Å². The van der Waals surface area contributed by atoms with E-state index in [1.165, 1.54) is 12.8 Å². The van der Waals surface area contributed by atoms with Gasteiger partial charge in [0.05, 0.1) is 0 Å². The van der Waals surface area contributed by atoms with Gasteiger partial charge in [0.25, 0.3) is 0 Å². The Morgan fingerprint density at radius 3 is 2.42 bits per heavy atom. The van der Waals surface area contributed by atoms with Gasteiger partial charge in [0.15, 0.2) is 5.29 Å². The summed E-state index contributed by atoms with van der Waals surface area (Å²) in [6.45, 7) is 9.01. The van der Waals surface area contributed by atoms with Gasteiger partial charge in [-0.05, 0) is 31.9 Å². The van der Waals surface area contributed by atoms with Crippen LogP contribution in [0.5, 0.6) is 0 Å². The van der Waals surface area contributed by atoms with Gasteiger partial charge in [-0.3, -0.25) is 4.99 Å². The Balaban J connectivity index is 3.87. The highest BCUT2D eigenvalue weighted by Gasteiger charge is 2.03. The van der Waals surface area contributed by atoms with E-state index in [0.29, 0.717) is 5.29 Å². The van der Waals surface area contributed by atoms with Crippen LogP contribution in [0.2, 0.25) is 0 Å². The Labute approximate surface area is 80.6 Å². The minimum Gasteiger partial charge on any atom is -0.348 e. The number of hydrogen-bond acceptors (Lipinski definition) is 1. The second-order valence-corrected chi connectivity index (χ2v) is 3.01. The fraction of sp³-hybridized carbons (Fsp3) is 0.889. The lowest BCUT2D eigenvalue weighted by molar-refractivity contribution is 0.434. The largest absolute Gasteiger partial charge is 0.348 e. The molecule has 0 aliphatic carbocycles. The summed E-state index contributed by atoms with van der Waals surface area (Å²) < 4.78 is 0. The highest BCUT2D eigenvalue weighted by Crippen LogP contribution is 2.00. The molecule has 3 heteroatoms. The summed E-state index contributed by atoms with van der Waals surface area (Å²) in [5.74, 6) is 0. The molecule has 0 radical (unpaired) electrons. The highest BCUT2D eigenvalue weighted by atomic mass is 35.5. The van der Waals surface area contributed by atoms with Crippen molar-refractivity contribution in [2.75, 3.05) is 19.6 Å². The van der Waals surface area contributed by atoms with Crippen LogP contribution >= 0.6 is 11.6 Å². The van der Waals surface area contributed by atoms with E-state index < -0.39 is 0 Å². The topological polar surface area (TPSA) is 15.6 Å². The lowest BCUT2D eigenvalue weighted by Crippen LogP contribution is -2.28. The Bertz CT molecular complexity index is 134. The van der Waals surface area contributed by atoms with Crippen LogP contribution in [0.25, 0.3) is 0 Å². The summed E-state index contributed by atoms with van der Waals surface area (Å²) in [5.41, 5.74) is 0. The molecule has 0 fully saturated rings. The maximum Gasteiger partial charge on any atom is 0.193 e. The molecule has 0 heterocycles. The SMILES string of the molecule is CCCCN(CC)C(Cl)=NCC. The van der Waals surface area contributed by atoms with E-state index in [1.54, 1.807) is 0 Å². The molecule has 0 aliphatic heterocycles.